The molecule has 1 atom stereocenters. The van der Waals surface area contributed by atoms with Gasteiger partial charge in [-0.25, -0.2) is 4.39 Å². The minimum absolute atomic E-state index is 0.284. The van der Waals surface area contributed by atoms with Crippen LogP contribution in [-0.4, -0.2) is 0 Å². The quantitative estimate of drug-likeness (QED) is 0.836. The number of halogens is 3. The summed E-state index contributed by atoms with van der Waals surface area (Å²) in [5, 5.41) is 3.86. The van der Waals surface area contributed by atoms with Crippen molar-refractivity contribution in [1.82, 2.24) is 0 Å². The maximum atomic E-state index is 13.6. The third-order valence-corrected chi connectivity index (χ3v) is 4.52. The van der Waals surface area contributed by atoms with Crippen LogP contribution in [0.3, 0.4) is 0 Å². The lowest BCUT2D eigenvalue weighted by Crippen LogP contribution is -2.13. The standard InChI is InChI=1S/C11H8Br2FNS/c12-6-1-2-10(14)7(3-6)11(15)8-4-16-5-9(8)13/h1-5,11H,15H2. The van der Waals surface area contributed by atoms with E-state index in [0.717, 1.165) is 14.5 Å². The van der Waals surface area contributed by atoms with E-state index >= 15 is 0 Å². The van der Waals surface area contributed by atoms with Gasteiger partial charge in [-0.1, -0.05) is 15.9 Å². The zero-order chi connectivity index (χ0) is 11.7. The van der Waals surface area contributed by atoms with Crippen LogP contribution in [-0.2, 0) is 0 Å². The first-order valence-corrected chi connectivity index (χ1v) is 7.04. The molecule has 84 valence electrons. The van der Waals surface area contributed by atoms with Crippen LogP contribution in [0.2, 0.25) is 0 Å². The molecule has 1 nitrogen and oxygen atoms in total. The Bertz CT molecular complexity index is 512. The molecule has 1 heterocycles. The molecule has 0 spiro atoms. The molecule has 1 aromatic heterocycles. The molecule has 5 heteroatoms. The fourth-order valence-corrected chi connectivity index (χ4v) is 3.39. The monoisotopic (exact) mass is 363 g/mol. The van der Waals surface area contributed by atoms with Crippen molar-refractivity contribution in [2.75, 3.05) is 0 Å². The van der Waals surface area contributed by atoms with Gasteiger partial charge in [0.2, 0.25) is 0 Å². The summed E-state index contributed by atoms with van der Waals surface area (Å²) in [5.41, 5.74) is 7.45. The molecule has 0 radical (unpaired) electrons. The fraction of sp³-hybridized carbons (Fsp3) is 0.0909. The smallest absolute Gasteiger partial charge is 0.128 e. The molecule has 1 aromatic carbocycles. The van der Waals surface area contributed by atoms with Gasteiger partial charge in [0, 0.05) is 19.9 Å². The Morgan fingerprint density at radius 2 is 1.94 bits per heavy atom. The van der Waals surface area contributed by atoms with E-state index in [-0.39, 0.29) is 5.82 Å². The SMILES string of the molecule is NC(c1cc(Br)ccc1F)c1cscc1Br. The predicted octanol–water partition coefficient (Wildman–Crippen LogP) is 4.46. The van der Waals surface area contributed by atoms with Crippen molar-refractivity contribution in [2.45, 2.75) is 6.04 Å². The molecular weight excluding hydrogens is 357 g/mol. The predicted molar refractivity (Wildman–Crippen MR) is 72.1 cm³/mol. The van der Waals surface area contributed by atoms with Gasteiger partial charge in [0.05, 0.1) is 6.04 Å². The molecule has 0 fully saturated rings. The lowest BCUT2D eigenvalue weighted by molar-refractivity contribution is 0.599. The van der Waals surface area contributed by atoms with E-state index in [9.17, 15) is 4.39 Å². The minimum Gasteiger partial charge on any atom is -0.320 e. The maximum Gasteiger partial charge on any atom is 0.128 e. The lowest BCUT2D eigenvalue weighted by Gasteiger charge is -2.12. The number of hydrogen-bond acceptors (Lipinski definition) is 2. The van der Waals surface area contributed by atoms with Gasteiger partial charge in [0.15, 0.2) is 0 Å². The topological polar surface area (TPSA) is 26.0 Å². The first-order chi connectivity index (χ1) is 7.59. The number of rotatable bonds is 2. The molecule has 1 unspecified atom stereocenters. The van der Waals surface area contributed by atoms with Crippen molar-refractivity contribution in [3.63, 3.8) is 0 Å². The first-order valence-electron chi connectivity index (χ1n) is 4.51. The zero-order valence-corrected chi connectivity index (χ0v) is 12.1. The molecule has 0 amide bonds. The van der Waals surface area contributed by atoms with Gasteiger partial charge in [0.25, 0.3) is 0 Å². The van der Waals surface area contributed by atoms with Gasteiger partial charge in [-0.05, 0) is 45.1 Å². The van der Waals surface area contributed by atoms with Gasteiger partial charge in [-0.2, -0.15) is 11.3 Å². The normalized spacial score (nSPS) is 12.8. The van der Waals surface area contributed by atoms with Crippen molar-refractivity contribution in [3.05, 3.63) is 54.8 Å². The summed E-state index contributed by atoms with van der Waals surface area (Å²) in [6.07, 6.45) is 0. The Kier molecular flexibility index (Phi) is 3.79. The Labute approximate surface area is 114 Å². The van der Waals surface area contributed by atoms with E-state index < -0.39 is 6.04 Å². The molecule has 0 saturated heterocycles. The van der Waals surface area contributed by atoms with Gasteiger partial charge >= 0.3 is 0 Å². The van der Waals surface area contributed by atoms with Crippen LogP contribution in [0.5, 0.6) is 0 Å². The second-order valence-corrected chi connectivity index (χ2v) is 5.83. The van der Waals surface area contributed by atoms with Crippen LogP contribution in [0.25, 0.3) is 0 Å². The fourth-order valence-electron chi connectivity index (χ4n) is 1.43. The van der Waals surface area contributed by atoms with Gasteiger partial charge in [-0.15, -0.1) is 0 Å². The Morgan fingerprint density at radius 3 is 2.56 bits per heavy atom. The van der Waals surface area contributed by atoms with Gasteiger partial charge < -0.3 is 5.73 Å². The largest absolute Gasteiger partial charge is 0.320 e. The highest BCUT2D eigenvalue weighted by Gasteiger charge is 2.16. The summed E-state index contributed by atoms with van der Waals surface area (Å²) in [6.45, 7) is 0. The highest BCUT2D eigenvalue weighted by Crippen LogP contribution is 2.32. The Hall–Kier alpha value is -0.230. The van der Waals surface area contributed by atoms with Crippen LogP contribution < -0.4 is 5.73 Å². The molecule has 0 aliphatic carbocycles. The molecular formula is C11H8Br2FNS. The molecule has 16 heavy (non-hydrogen) atoms. The molecule has 0 bridgehead atoms. The van der Waals surface area contributed by atoms with Crippen molar-refractivity contribution in [3.8, 4) is 0 Å². The molecule has 0 aliphatic heterocycles. The first kappa shape index (κ1) is 12.2. The van der Waals surface area contributed by atoms with E-state index in [4.69, 9.17) is 5.73 Å². The molecule has 0 aliphatic rings. The summed E-state index contributed by atoms with van der Waals surface area (Å²) in [6, 6.07) is 4.34. The van der Waals surface area contributed by atoms with Crippen LogP contribution in [0.1, 0.15) is 17.2 Å². The van der Waals surface area contributed by atoms with Crippen molar-refractivity contribution < 1.29 is 4.39 Å². The molecule has 2 aromatic rings. The van der Waals surface area contributed by atoms with Crippen LogP contribution in [0.15, 0.2) is 37.9 Å². The summed E-state index contributed by atoms with van der Waals surface area (Å²) >= 11 is 8.26. The van der Waals surface area contributed by atoms with Crippen LogP contribution >= 0.6 is 43.2 Å². The van der Waals surface area contributed by atoms with Crippen molar-refractivity contribution >= 4 is 43.2 Å². The van der Waals surface area contributed by atoms with E-state index in [0.29, 0.717) is 5.56 Å². The second kappa shape index (κ2) is 4.96. The zero-order valence-electron chi connectivity index (χ0n) is 8.08. The molecule has 0 saturated carbocycles. The highest BCUT2D eigenvalue weighted by molar-refractivity contribution is 9.10. The van der Waals surface area contributed by atoms with Crippen molar-refractivity contribution in [1.29, 1.82) is 0 Å². The summed E-state index contributed by atoms with van der Waals surface area (Å²) < 4.78 is 15.4. The summed E-state index contributed by atoms with van der Waals surface area (Å²) in [7, 11) is 0. The number of nitrogens with two attached hydrogens (primary N) is 1. The summed E-state index contributed by atoms with van der Waals surface area (Å²) in [4.78, 5) is 0. The van der Waals surface area contributed by atoms with Crippen LogP contribution in [0.4, 0.5) is 4.39 Å². The van der Waals surface area contributed by atoms with Gasteiger partial charge in [-0.3, -0.25) is 0 Å². The second-order valence-electron chi connectivity index (χ2n) is 3.32. The maximum absolute atomic E-state index is 13.6. The van der Waals surface area contributed by atoms with Crippen LogP contribution in [0, 0.1) is 5.82 Å². The lowest BCUT2D eigenvalue weighted by atomic mass is 10.0. The van der Waals surface area contributed by atoms with Gasteiger partial charge in [0.1, 0.15) is 5.82 Å². The Balaban J connectivity index is 2.45. The third kappa shape index (κ3) is 2.37. The number of thiophene rings is 1. The minimum atomic E-state index is -0.446. The van der Waals surface area contributed by atoms with E-state index in [1.54, 1.807) is 12.1 Å². The Morgan fingerprint density at radius 1 is 1.19 bits per heavy atom. The van der Waals surface area contributed by atoms with E-state index in [1.165, 1.54) is 17.4 Å². The molecule has 2 rings (SSSR count). The van der Waals surface area contributed by atoms with Crippen molar-refractivity contribution in [2.24, 2.45) is 5.73 Å². The highest BCUT2D eigenvalue weighted by atomic mass is 79.9. The number of benzene rings is 1. The van der Waals surface area contributed by atoms with E-state index in [1.807, 2.05) is 10.8 Å². The summed E-state index contributed by atoms with van der Waals surface area (Å²) in [5.74, 6) is -0.284. The average molecular weight is 365 g/mol. The third-order valence-electron chi connectivity index (χ3n) is 2.27. The average Bonchev–Trinajstić information content (AvgIpc) is 2.67. The number of hydrogen-bond donors (Lipinski definition) is 1. The van der Waals surface area contributed by atoms with E-state index in [2.05, 4.69) is 31.9 Å². The molecule has 2 N–H and O–H groups in total.